The second kappa shape index (κ2) is 8.41. The minimum Gasteiger partial charge on any atom is -0.494 e. The molecule has 0 aliphatic carbocycles. The number of para-hydroxylation sites is 1. The minimum absolute atomic E-state index is 0. The first-order chi connectivity index (χ1) is 8.81. The summed E-state index contributed by atoms with van der Waals surface area (Å²) in [6.45, 7) is 6.02. The molecule has 19 heavy (non-hydrogen) atoms. The molecule has 1 N–H and O–H groups in total. The van der Waals surface area contributed by atoms with Crippen LogP contribution in [-0.2, 0) is 6.54 Å². The number of benzene rings is 1. The van der Waals surface area contributed by atoms with Crippen molar-refractivity contribution in [3.63, 3.8) is 0 Å². The van der Waals surface area contributed by atoms with E-state index in [1.54, 1.807) is 0 Å². The predicted molar refractivity (Wildman–Crippen MR) is 82.2 cm³/mol. The summed E-state index contributed by atoms with van der Waals surface area (Å²) < 4.78 is 5.69. The van der Waals surface area contributed by atoms with Crippen molar-refractivity contribution in [1.29, 1.82) is 0 Å². The van der Waals surface area contributed by atoms with Gasteiger partial charge < -0.3 is 10.1 Å². The standard InChI is InChI=1S/C15H24N2O.ClH/c1-3-18-15-7-5-4-6-13(15)12-17(2)14-8-10-16-11-9-14;/h4-7,14,16H,3,8-12H2,1-2H3;1H. The van der Waals surface area contributed by atoms with E-state index in [4.69, 9.17) is 4.74 Å². The predicted octanol–water partition coefficient (Wildman–Crippen LogP) is 2.69. The normalized spacial score (nSPS) is 16.2. The lowest BCUT2D eigenvalue weighted by atomic mass is 10.0. The highest BCUT2D eigenvalue weighted by Crippen LogP contribution is 2.21. The molecule has 0 radical (unpaired) electrons. The van der Waals surface area contributed by atoms with Gasteiger partial charge in [-0.25, -0.2) is 0 Å². The first-order valence-corrected chi connectivity index (χ1v) is 6.93. The van der Waals surface area contributed by atoms with E-state index in [0.717, 1.165) is 32.0 Å². The summed E-state index contributed by atoms with van der Waals surface area (Å²) in [6, 6.07) is 9.06. The van der Waals surface area contributed by atoms with Gasteiger partial charge in [0.25, 0.3) is 0 Å². The third-order valence-electron chi connectivity index (χ3n) is 3.62. The molecule has 1 fully saturated rings. The van der Waals surface area contributed by atoms with Gasteiger partial charge in [0.05, 0.1) is 6.61 Å². The third kappa shape index (κ3) is 4.68. The van der Waals surface area contributed by atoms with Crippen molar-refractivity contribution in [2.75, 3.05) is 26.7 Å². The Balaban J connectivity index is 0.00000180. The molecule has 1 saturated heterocycles. The van der Waals surface area contributed by atoms with Crippen LogP contribution in [0, 0.1) is 0 Å². The zero-order chi connectivity index (χ0) is 12.8. The van der Waals surface area contributed by atoms with Gasteiger partial charge in [0, 0.05) is 18.2 Å². The van der Waals surface area contributed by atoms with Gasteiger partial charge in [-0.05, 0) is 46.0 Å². The molecule has 1 aliphatic heterocycles. The Morgan fingerprint density at radius 1 is 1.26 bits per heavy atom. The smallest absolute Gasteiger partial charge is 0.123 e. The summed E-state index contributed by atoms with van der Waals surface area (Å²) in [5, 5.41) is 3.41. The fourth-order valence-electron chi connectivity index (χ4n) is 2.58. The molecule has 0 spiro atoms. The van der Waals surface area contributed by atoms with E-state index in [0.29, 0.717) is 6.04 Å². The fraction of sp³-hybridized carbons (Fsp3) is 0.600. The lowest BCUT2D eigenvalue weighted by Gasteiger charge is -2.32. The molecule has 3 nitrogen and oxygen atoms in total. The lowest BCUT2D eigenvalue weighted by Crippen LogP contribution is -2.40. The molecule has 1 aromatic carbocycles. The summed E-state index contributed by atoms with van der Waals surface area (Å²) in [7, 11) is 2.22. The molecule has 0 saturated carbocycles. The first-order valence-electron chi connectivity index (χ1n) is 6.93. The van der Waals surface area contributed by atoms with Crippen molar-refractivity contribution < 1.29 is 4.74 Å². The number of halogens is 1. The van der Waals surface area contributed by atoms with Crippen LogP contribution in [0.1, 0.15) is 25.3 Å². The SMILES string of the molecule is CCOc1ccccc1CN(C)C1CCNCC1.Cl. The average molecular weight is 285 g/mol. The second-order valence-electron chi connectivity index (χ2n) is 4.94. The summed E-state index contributed by atoms with van der Waals surface area (Å²) in [6.07, 6.45) is 2.49. The number of nitrogens with zero attached hydrogens (tertiary/aromatic N) is 1. The van der Waals surface area contributed by atoms with Gasteiger partial charge in [-0.2, -0.15) is 0 Å². The monoisotopic (exact) mass is 284 g/mol. The molecule has 1 heterocycles. The van der Waals surface area contributed by atoms with Crippen molar-refractivity contribution in [2.24, 2.45) is 0 Å². The molecule has 4 heteroatoms. The molecule has 2 rings (SSSR count). The van der Waals surface area contributed by atoms with Crippen molar-refractivity contribution >= 4 is 12.4 Å². The Bertz CT molecular complexity index is 367. The van der Waals surface area contributed by atoms with E-state index in [9.17, 15) is 0 Å². The Morgan fingerprint density at radius 2 is 1.95 bits per heavy atom. The van der Waals surface area contributed by atoms with Gasteiger partial charge >= 0.3 is 0 Å². The molecular formula is C15H25ClN2O. The number of rotatable bonds is 5. The van der Waals surface area contributed by atoms with Crippen LogP contribution in [0.25, 0.3) is 0 Å². The zero-order valence-corrected chi connectivity index (χ0v) is 12.7. The molecule has 1 aromatic rings. The molecular weight excluding hydrogens is 260 g/mol. The summed E-state index contributed by atoms with van der Waals surface area (Å²) in [5.41, 5.74) is 1.29. The largest absolute Gasteiger partial charge is 0.494 e. The van der Waals surface area contributed by atoms with Crippen LogP contribution in [0.4, 0.5) is 0 Å². The molecule has 108 valence electrons. The van der Waals surface area contributed by atoms with Crippen molar-refractivity contribution in [3.05, 3.63) is 29.8 Å². The fourth-order valence-corrected chi connectivity index (χ4v) is 2.58. The van der Waals surface area contributed by atoms with E-state index in [2.05, 4.69) is 35.5 Å². The maximum Gasteiger partial charge on any atom is 0.123 e. The lowest BCUT2D eigenvalue weighted by molar-refractivity contribution is 0.189. The maximum atomic E-state index is 5.69. The Hall–Kier alpha value is -0.770. The summed E-state index contributed by atoms with van der Waals surface area (Å²) in [5.74, 6) is 1.03. The molecule has 0 aromatic heterocycles. The topological polar surface area (TPSA) is 24.5 Å². The van der Waals surface area contributed by atoms with E-state index >= 15 is 0 Å². The number of ether oxygens (including phenoxy) is 1. The van der Waals surface area contributed by atoms with Gasteiger partial charge in [0.15, 0.2) is 0 Å². The van der Waals surface area contributed by atoms with Crippen LogP contribution in [0.5, 0.6) is 5.75 Å². The van der Waals surface area contributed by atoms with E-state index < -0.39 is 0 Å². The van der Waals surface area contributed by atoms with Crippen molar-refractivity contribution in [3.8, 4) is 5.75 Å². The van der Waals surface area contributed by atoms with Crippen molar-refractivity contribution in [1.82, 2.24) is 10.2 Å². The first kappa shape index (κ1) is 16.3. The van der Waals surface area contributed by atoms with E-state index in [1.807, 2.05) is 13.0 Å². The third-order valence-corrected chi connectivity index (χ3v) is 3.62. The molecule has 0 unspecified atom stereocenters. The average Bonchev–Trinajstić information content (AvgIpc) is 2.42. The highest BCUT2D eigenvalue weighted by molar-refractivity contribution is 5.85. The van der Waals surface area contributed by atoms with E-state index in [-0.39, 0.29) is 12.4 Å². The van der Waals surface area contributed by atoms with Crippen LogP contribution in [0.15, 0.2) is 24.3 Å². The summed E-state index contributed by atoms with van der Waals surface area (Å²) >= 11 is 0. The quantitative estimate of drug-likeness (QED) is 0.900. The number of piperidine rings is 1. The Kier molecular flexibility index (Phi) is 7.21. The molecule has 0 amide bonds. The van der Waals surface area contributed by atoms with Crippen molar-refractivity contribution in [2.45, 2.75) is 32.4 Å². The Morgan fingerprint density at radius 3 is 2.63 bits per heavy atom. The van der Waals surface area contributed by atoms with Gasteiger partial charge in [0.2, 0.25) is 0 Å². The minimum atomic E-state index is 0. The second-order valence-corrected chi connectivity index (χ2v) is 4.94. The van der Waals surface area contributed by atoms with Crippen LogP contribution >= 0.6 is 12.4 Å². The highest BCUT2D eigenvalue weighted by Gasteiger charge is 2.18. The zero-order valence-electron chi connectivity index (χ0n) is 11.9. The molecule has 1 aliphatic rings. The van der Waals surface area contributed by atoms with Gasteiger partial charge in [0.1, 0.15) is 5.75 Å². The molecule has 0 bridgehead atoms. The summed E-state index contributed by atoms with van der Waals surface area (Å²) in [4.78, 5) is 2.46. The maximum absolute atomic E-state index is 5.69. The van der Waals surface area contributed by atoms with Gasteiger partial charge in [-0.15, -0.1) is 12.4 Å². The van der Waals surface area contributed by atoms with Gasteiger partial charge in [-0.3, -0.25) is 4.90 Å². The van der Waals surface area contributed by atoms with Crippen LogP contribution < -0.4 is 10.1 Å². The number of hydrogen-bond acceptors (Lipinski definition) is 3. The van der Waals surface area contributed by atoms with Gasteiger partial charge in [-0.1, -0.05) is 18.2 Å². The molecule has 0 atom stereocenters. The Labute approximate surface area is 122 Å². The number of hydrogen-bond donors (Lipinski definition) is 1. The highest BCUT2D eigenvalue weighted by atomic mass is 35.5. The van der Waals surface area contributed by atoms with Crippen LogP contribution in [-0.4, -0.2) is 37.7 Å². The number of nitrogens with one attached hydrogen (secondary N) is 1. The van der Waals surface area contributed by atoms with E-state index in [1.165, 1.54) is 18.4 Å². The van der Waals surface area contributed by atoms with Crippen LogP contribution in [0.3, 0.4) is 0 Å². The van der Waals surface area contributed by atoms with Crippen LogP contribution in [0.2, 0.25) is 0 Å².